The van der Waals surface area contributed by atoms with Crippen molar-refractivity contribution in [3.05, 3.63) is 76.0 Å². The number of nitrogens with zero attached hydrogens (tertiary/aromatic N) is 3. The molecule has 2 heterocycles. The highest BCUT2D eigenvalue weighted by Gasteiger charge is 2.35. The first-order valence-corrected chi connectivity index (χ1v) is 11.5. The van der Waals surface area contributed by atoms with Crippen LogP contribution in [0.1, 0.15) is 31.0 Å². The molecule has 166 valence electrons. The van der Waals surface area contributed by atoms with Crippen molar-refractivity contribution >= 4 is 35.3 Å². The first kappa shape index (κ1) is 22.2. The highest BCUT2D eigenvalue weighted by molar-refractivity contribution is 7.98. The summed E-state index contributed by atoms with van der Waals surface area (Å²) < 4.78 is 12.4. The number of rotatable bonds is 7. The average molecular weight is 471 g/mol. The molecule has 0 radical (unpaired) electrons. The average Bonchev–Trinajstić information content (AvgIpc) is 3.20. The molecule has 0 fully saturated rings. The predicted molar refractivity (Wildman–Crippen MR) is 125 cm³/mol. The first-order chi connectivity index (χ1) is 15.5. The number of ether oxygens (including phenoxy) is 2. The zero-order chi connectivity index (χ0) is 22.7. The zero-order valence-electron chi connectivity index (χ0n) is 18.0. The van der Waals surface area contributed by atoms with Gasteiger partial charge in [0.15, 0.2) is 0 Å². The van der Waals surface area contributed by atoms with E-state index < -0.39 is 6.04 Å². The molecule has 9 heteroatoms. The van der Waals surface area contributed by atoms with Crippen LogP contribution in [0.4, 0.5) is 5.95 Å². The van der Waals surface area contributed by atoms with Gasteiger partial charge in [0, 0.05) is 16.5 Å². The van der Waals surface area contributed by atoms with Crippen molar-refractivity contribution in [1.29, 1.82) is 0 Å². The number of aromatic nitrogens is 3. The Balaban J connectivity index is 1.68. The number of nitrogens with one attached hydrogen (secondary N) is 1. The summed E-state index contributed by atoms with van der Waals surface area (Å²) in [7, 11) is 1.62. The molecule has 7 nitrogen and oxygen atoms in total. The number of anilines is 1. The van der Waals surface area contributed by atoms with Crippen molar-refractivity contribution < 1.29 is 14.3 Å². The second kappa shape index (κ2) is 9.67. The molecule has 2 aromatic carbocycles. The van der Waals surface area contributed by atoms with E-state index >= 15 is 0 Å². The predicted octanol–water partition coefficient (Wildman–Crippen LogP) is 5.08. The highest BCUT2D eigenvalue weighted by Crippen LogP contribution is 2.37. The number of thioether (sulfide) groups is 1. The summed E-state index contributed by atoms with van der Waals surface area (Å²) >= 11 is 7.49. The molecule has 0 aliphatic carbocycles. The summed E-state index contributed by atoms with van der Waals surface area (Å²) in [4.78, 5) is 17.5. The van der Waals surface area contributed by atoms with Crippen LogP contribution in [-0.4, -0.2) is 34.5 Å². The highest BCUT2D eigenvalue weighted by atomic mass is 35.5. The Labute approximate surface area is 195 Å². The lowest BCUT2D eigenvalue weighted by atomic mass is 9.96. The van der Waals surface area contributed by atoms with Gasteiger partial charge in [0.25, 0.3) is 0 Å². The lowest BCUT2D eigenvalue weighted by molar-refractivity contribution is -0.139. The van der Waals surface area contributed by atoms with Crippen LogP contribution in [0.3, 0.4) is 0 Å². The van der Waals surface area contributed by atoms with Gasteiger partial charge in [0.2, 0.25) is 11.1 Å². The molecule has 1 aliphatic heterocycles. The fourth-order valence-electron chi connectivity index (χ4n) is 3.49. The molecule has 32 heavy (non-hydrogen) atoms. The molecule has 1 unspecified atom stereocenters. The van der Waals surface area contributed by atoms with Crippen molar-refractivity contribution in [1.82, 2.24) is 14.8 Å². The van der Waals surface area contributed by atoms with Gasteiger partial charge in [0.1, 0.15) is 11.8 Å². The number of fused-ring (bicyclic) bond motifs is 1. The maximum atomic E-state index is 12.8. The summed E-state index contributed by atoms with van der Waals surface area (Å²) in [5.74, 6) is 1.63. The number of benzene rings is 2. The van der Waals surface area contributed by atoms with Crippen LogP contribution in [0.5, 0.6) is 5.75 Å². The van der Waals surface area contributed by atoms with Gasteiger partial charge in [-0.15, -0.1) is 5.10 Å². The summed E-state index contributed by atoms with van der Waals surface area (Å²) in [6, 6.07) is 14.8. The topological polar surface area (TPSA) is 78.3 Å². The second-order valence-corrected chi connectivity index (χ2v) is 8.52. The first-order valence-electron chi connectivity index (χ1n) is 10.1. The van der Waals surface area contributed by atoms with E-state index in [1.165, 1.54) is 11.8 Å². The quantitative estimate of drug-likeness (QED) is 0.381. The van der Waals surface area contributed by atoms with Crippen LogP contribution in [0.25, 0.3) is 0 Å². The minimum Gasteiger partial charge on any atom is -0.497 e. The number of carbonyl (C=O) groups excluding carboxylic acids is 1. The maximum absolute atomic E-state index is 12.8. The van der Waals surface area contributed by atoms with Crippen molar-refractivity contribution in [2.75, 3.05) is 19.0 Å². The molecule has 3 aromatic rings. The number of carbonyl (C=O) groups is 1. The fraction of sp³-hybridized carbons (Fsp3) is 0.261. The van der Waals surface area contributed by atoms with Crippen molar-refractivity contribution in [3.8, 4) is 5.75 Å². The number of halogens is 1. The number of methoxy groups -OCH3 is 1. The minimum absolute atomic E-state index is 0.289. The molecule has 1 aliphatic rings. The number of hydrogen-bond donors (Lipinski definition) is 1. The standard InChI is InChI=1S/C23H23ClN4O3S/c1-4-31-21(29)19-14(2)25-22-26-23(32-13-15-5-9-17(24)10-6-15)27-28(22)20(19)16-7-11-18(30-3)12-8-16/h5-12,20H,4,13H2,1-3H3,(H,25,26,27). The van der Waals surface area contributed by atoms with Gasteiger partial charge >= 0.3 is 5.97 Å². The van der Waals surface area contributed by atoms with E-state index in [-0.39, 0.29) is 12.6 Å². The van der Waals surface area contributed by atoms with Crippen LogP contribution in [0, 0.1) is 0 Å². The molecule has 0 spiro atoms. The molecule has 1 aromatic heterocycles. The van der Waals surface area contributed by atoms with E-state index in [1.807, 2.05) is 55.5 Å². The van der Waals surface area contributed by atoms with Gasteiger partial charge in [-0.1, -0.05) is 47.6 Å². The van der Waals surface area contributed by atoms with E-state index in [2.05, 4.69) is 10.3 Å². The Morgan fingerprint density at radius 2 is 1.91 bits per heavy atom. The minimum atomic E-state index is -0.464. The third-order valence-corrected chi connectivity index (χ3v) is 6.20. The van der Waals surface area contributed by atoms with Gasteiger partial charge in [-0.2, -0.15) is 4.98 Å². The smallest absolute Gasteiger partial charge is 0.338 e. The Kier molecular flexibility index (Phi) is 6.72. The third-order valence-electron chi connectivity index (χ3n) is 5.04. The van der Waals surface area contributed by atoms with E-state index in [0.717, 1.165) is 16.9 Å². The Morgan fingerprint density at radius 3 is 2.56 bits per heavy atom. The normalized spacial score (nSPS) is 15.2. The fourth-order valence-corrected chi connectivity index (χ4v) is 4.40. The molecule has 4 rings (SSSR count). The summed E-state index contributed by atoms with van der Waals surface area (Å²) in [6.45, 7) is 3.93. The van der Waals surface area contributed by atoms with Crippen molar-refractivity contribution in [2.24, 2.45) is 0 Å². The van der Waals surface area contributed by atoms with E-state index in [4.69, 9.17) is 26.2 Å². The van der Waals surface area contributed by atoms with Gasteiger partial charge in [-0.25, -0.2) is 9.48 Å². The van der Waals surface area contributed by atoms with Gasteiger partial charge in [-0.05, 0) is 49.2 Å². The summed E-state index contributed by atoms with van der Waals surface area (Å²) in [6.07, 6.45) is 0. The largest absolute Gasteiger partial charge is 0.497 e. The monoisotopic (exact) mass is 470 g/mol. The lowest BCUT2D eigenvalue weighted by Gasteiger charge is -2.28. The SMILES string of the molecule is CCOC(=O)C1=C(C)Nc2nc(SCc3ccc(Cl)cc3)nn2C1c1ccc(OC)cc1. The Morgan fingerprint density at radius 1 is 1.19 bits per heavy atom. The second-order valence-electron chi connectivity index (χ2n) is 7.14. The zero-order valence-corrected chi connectivity index (χ0v) is 19.5. The lowest BCUT2D eigenvalue weighted by Crippen LogP contribution is -2.29. The summed E-state index contributed by atoms with van der Waals surface area (Å²) in [5, 5.41) is 9.24. The molecule has 1 atom stereocenters. The molecule has 0 amide bonds. The van der Waals surface area contributed by atoms with Gasteiger partial charge < -0.3 is 14.8 Å². The number of allylic oxidation sites excluding steroid dienone is 1. The van der Waals surface area contributed by atoms with Crippen LogP contribution >= 0.6 is 23.4 Å². The van der Waals surface area contributed by atoms with E-state index in [1.54, 1.807) is 18.7 Å². The van der Waals surface area contributed by atoms with Crippen LogP contribution in [0.2, 0.25) is 5.02 Å². The van der Waals surface area contributed by atoms with Crippen molar-refractivity contribution in [3.63, 3.8) is 0 Å². The number of hydrogen-bond acceptors (Lipinski definition) is 7. The molecule has 0 bridgehead atoms. The summed E-state index contributed by atoms with van der Waals surface area (Å²) in [5.41, 5.74) is 3.20. The van der Waals surface area contributed by atoms with Crippen LogP contribution < -0.4 is 10.1 Å². The van der Waals surface area contributed by atoms with E-state index in [9.17, 15) is 4.79 Å². The number of esters is 1. The van der Waals surface area contributed by atoms with E-state index in [0.29, 0.717) is 33.2 Å². The molecule has 0 saturated heterocycles. The molecular formula is C23H23ClN4O3S. The Bertz CT molecular complexity index is 1140. The molecule has 0 saturated carbocycles. The van der Waals surface area contributed by atoms with Crippen molar-refractivity contribution in [2.45, 2.75) is 30.8 Å². The molecule has 1 N–H and O–H groups in total. The van der Waals surface area contributed by atoms with Crippen LogP contribution in [0.15, 0.2) is 65.0 Å². The van der Waals surface area contributed by atoms with Crippen LogP contribution in [-0.2, 0) is 15.3 Å². The van der Waals surface area contributed by atoms with Gasteiger partial charge in [-0.3, -0.25) is 0 Å². The van der Waals surface area contributed by atoms with Gasteiger partial charge in [0.05, 0.1) is 19.3 Å². The third kappa shape index (κ3) is 4.61. The maximum Gasteiger partial charge on any atom is 0.338 e. The molecular weight excluding hydrogens is 448 g/mol. The Hall–Kier alpha value is -2.97.